The van der Waals surface area contributed by atoms with E-state index >= 15 is 0 Å². The van der Waals surface area contributed by atoms with Crippen molar-refractivity contribution in [1.29, 1.82) is 0 Å². The van der Waals surface area contributed by atoms with Crippen LogP contribution in [0.15, 0.2) is 104 Å². The highest BCUT2D eigenvalue weighted by Crippen LogP contribution is 2.35. The third-order valence-electron chi connectivity index (χ3n) is 14.0. The molecule has 2 fully saturated rings. The number of nitrogens with zero attached hydrogens (tertiary/aromatic N) is 5. The van der Waals surface area contributed by atoms with Crippen molar-refractivity contribution in [2.24, 2.45) is 23.5 Å². The van der Waals surface area contributed by atoms with E-state index < -0.39 is 12.1 Å². The van der Waals surface area contributed by atoms with Gasteiger partial charge in [0.1, 0.15) is 5.69 Å². The van der Waals surface area contributed by atoms with Crippen LogP contribution in [-0.2, 0) is 35.3 Å². The zero-order chi connectivity index (χ0) is 47.0. The van der Waals surface area contributed by atoms with Gasteiger partial charge in [0.25, 0.3) is 11.8 Å². The van der Waals surface area contributed by atoms with Gasteiger partial charge in [-0.1, -0.05) is 41.4 Å². The van der Waals surface area contributed by atoms with E-state index in [2.05, 4.69) is 15.0 Å². The second-order valence-electron chi connectivity index (χ2n) is 18.9. The summed E-state index contributed by atoms with van der Waals surface area (Å²) in [6.45, 7) is 3.06. The topological polar surface area (TPSA) is 157 Å². The number of benzene rings is 2. The number of aromatic nitrogens is 3. The Morgan fingerprint density at radius 2 is 1.09 bits per heavy atom. The van der Waals surface area contributed by atoms with Gasteiger partial charge in [-0.2, -0.15) is 0 Å². The molecule has 9 rings (SSSR count). The quantitative estimate of drug-likeness (QED) is 0.127. The lowest BCUT2D eigenvalue weighted by Gasteiger charge is -2.35. The zero-order valence-corrected chi connectivity index (χ0v) is 40.7. The van der Waals surface area contributed by atoms with E-state index in [1.165, 1.54) is 0 Å². The monoisotopic (exact) mass is 976 g/mol. The van der Waals surface area contributed by atoms with Crippen LogP contribution in [0.1, 0.15) is 117 Å². The van der Waals surface area contributed by atoms with Crippen molar-refractivity contribution in [3.63, 3.8) is 0 Å². The average molecular weight is 978 g/mol. The number of aryl methyl sites for hydroxylation is 1. The van der Waals surface area contributed by atoms with Crippen LogP contribution < -0.4 is 5.73 Å². The molecule has 5 heterocycles. The van der Waals surface area contributed by atoms with E-state index in [1.807, 2.05) is 49.4 Å². The minimum absolute atomic E-state index is 0. The fourth-order valence-electron chi connectivity index (χ4n) is 10.2. The Morgan fingerprint density at radius 3 is 1.53 bits per heavy atom. The van der Waals surface area contributed by atoms with E-state index in [1.54, 1.807) is 70.9 Å². The van der Waals surface area contributed by atoms with Gasteiger partial charge >= 0.3 is 0 Å². The van der Waals surface area contributed by atoms with E-state index in [9.17, 15) is 24.0 Å². The minimum Gasteiger partial charge on any atom is -0.328 e. The molecule has 2 aromatic carbocycles. The van der Waals surface area contributed by atoms with Crippen molar-refractivity contribution >= 4 is 64.8 Å². The van der Waals surface area contributed by atoms with Crippen LogP contribution in [0, 0.1) is 24.7 Å². The number of halogens is 3. The highest BCUT2D eigenvalue weighted by molar-refractivity contribution is 6.31. The molecule has 5 aromatic rings. The maximum Gasteiger partial charge on any atom is 0.254 e. The molecule has 0 spiro atoms. The number of amides is 2. The Hall–Kier alpha value is -5.33. The van der Waals surface area contributed by atoms with Crippen LogP contribution in [0.4, 0.5) is 0 Å². The first kappa shape index (κ1) is 50.5. The molecule has 2 saturated carbocycles. The molecule has 2 amide bonds. The van der Waals surface area contributed by atoms with Gasteiger partial charge in [-0.25, -0.2) is 0 Å². The Bertz CT molecular complexity index is 2570. The Balaban J connectivity index is 0.000000205. The van der Waals surface area contributed by atoms with Gasteiger partial charge in [0.2, 0.25) is 0 Å². The lowest BCUT2D eigenvalue weighted by molar-refractivity contribution is -0.123. The largest absolute Gasteiger partial charge is 0.328 e. The van der Waals surface area contributed by atoms with Gasteiger partial charge in [0.15, 0.2) is 17.3 Å². The average Bonchev–Trinajstić information content (AvgIpc) is 3.47. The van der Waals surface area contributed by atoms with E-state index in [4.69, 9.17) is 28.9 Å². The molecule has 3 aromatic heterocycles. The summed E-state index contributed by atoms with van der Waals surface area (Å²) >= 11 is 12.3. The second kappa shape index (κ2) is 23.3. The fraction of sp³-hybridized carbons (Fsp3) is 0.407. The standard InChI is InChI=1S/C31H32ClN3O3.C23H26ClN3O2.ClH/c1-20-5-12-27(34-18-20)29(36)14-21-6-8-22(9-7-21)19-35-28(17-25-4-2-3-13-33-25)30(37)16-23-15-24(32)10-11-26(23)31(35)38;24-17-6-9-20-16(11-17)12-22(28)21(13-19-3-1-2-10-26-19)27(23(20)29)14-15-4-7-18(25)8-5-15;/h2-5,10-13,15,18,21-22,28H,6-9,14,16-17,19H2,1H3;1-3,6,9-11,15,18,21H,4-5,7-8,12-14,25H2;1H/t21?,22?,28-;15?,18?,21-;/m11./s1. The Morgan fingerprint density at radius 1 is 0.618 bits per heavy atom. The number of nitrogens with two attached hydrogens (primary N) is 1. The zero-order valence-electron chi connectivity index (χ0n) is 38.4. The second-order valence-corrected chi connectivity index (χ2v) is 19.8. The maximum atomic E-state index is 13.8. The van der Waals surface area contributed by atoms with Crippen LogP contribution in [0.2, 0.25) is 10.0 Å². The molecule has 68 heavy (non-hydrogen) atoms. The number of carbonyl (C=O) groups excluding carboxylic acids is 5. The highest BCUT2D eigenvalue weighted by Gasteiger charge is 2.39. The van der Waals surface area contributed by atoms with Gasteiger partial charge in [0, 0.05) is 102 Å². The number of Topliss-reactive ketones (excluding diaryl/α,β-unsaturated/α-hetero) is 3. The lowest BCUT2D eigenvalue weighted by Crippen LogP contribution is -2.48. The van der Waals surface area contributed by atoms with Crippen molar-refractivity contribution in [3.05, 3.63) is 158 Å². The van der Waals surface area contributed by atoms with E-state index in [0.717, 1.165) is 68.3 Å². The molecule has 4 aliphatic rings. The molecular formula is C54H59Cl3N6O5. The van der Waals surface area contributed by atoms with Crippen LogP contribution in [0.25, 0.3) is 0 Å². The Kier molecular flexibility index (Phi) is 17.3. The summed E-state index contributed by atoms with van der Waals surface area (Å²) < 4.78 is 0. The number of carbonyl (C=O) groups is 5. The van der Waals surface area contributed by atoms with Crippen LogP contribution >= 0.6 is 35.6 Å². The van der Waals surface area contributed by atoms with Crippen molar-refractivity contribution in [1.82, 2.24) is 24.8 Å². The summed E-state index contributed by atoms with van der Waals surface area (Å²) in [7, 11) is 0. The van der Waals surface area contributed by atoms with Crippen LogP contribution in [-0.4, -0.2) is 85.1 Å². The molecule has 0 saturated heterocycles. The molecule has 0 radical (unpaired) electrons. The summed E-state index contributed by atoms with van der Waals surface area (Å²) in [5, 5.41) is 1.06. The molecule has 2 atom stereocenters. The molecule has 2 N–H and O–H groups in total. The minimum atomic E-state index is -0.574. The number of ketones is 3. The predicted octanol–water partition coefficient (Wildman–Crippen LogP) is 9.55. The number of fused-ring (bicyclic) bond motifs is 2. The molecule has 0 unspecified atom stereocenters. The maximum absolute atomic E-state index is 13.8. The predicted molar refractivity (Wildman–Crippen MR) is 266 cm³/mol. The van der Waals surface area contributed by atoms with Gasteiger partial charge in [-0.05, 0) is 159 Å². The van der Waals surface area contributed by atoms with Crippen LogP contribution in [0.3, 0.4) is 0 Å². The number of hydrogen-bond acceptors (Lipinski definition) is 9. The summed E-state index contributed by atoms with van der Waals surface area (Å²) in [6, 6.07) is 24.6. The fourth-order valence-corrected chi connectivity index (χ4v) is 10.6. The summed E-state index contributed by atoms with van der Waals surface area (Å²) in [6.07, 6.45) is 14.5. The molecule has 356 valence electrons. The van der Waals surface area contributed by atoms with Crippen molar-refractivity contribution in [2.75, 3.05) is 13.1 Å². The normalized spacial score (nSPS) is 22.7. The summed E-state index contributed by atoms with van der Waals surface area (Å²) in [5.41, 5.74) is 11.8. The SMILES string of the molecule is Cc1ccc(C(=O)CC2CCC(CN3C(=O)c4ccc(Cl)cc4CC(=O)[C@H]3Cc3ccccn3)CC2)nc1.Cl.NC1CCC(CN2C(=O)c3ccc(Cl)cc3CC(=O)[C@H]2Cc2ccccn2)CC1. The molecule has 2 aliphatic heterocycles. The lowest BCUT2D eigenvalue weighted by atomic mass is 9.79. The van der Waals surface area contributed by atoms with E-state index in [0.29, 0.717) is 82.2 Å². The van der Waals surface area contributed by atoms with Gasteiger partial charge in [-0.15, -0.1) is 12.4 Å². The molecule has 14 heteroatoms. The number of hydrogen-bond donors (Lipinski definition) is 1. The smallest absolute Gasteiger partial charge is 0.254 e. The summed E-state index contributed by atoms with van der Waals surface area (Å²) in [4.78, 5) is 83.5. The number of pyridine rings is 3. The van der Waals surface area contributed by atoms with Crippen LogP contribution in [0.5, 0.6) is 0 Å². The van der Waals surface area contributed by atoms with Crippen molar-refractivity contribution in [3.8, 4) is 0 Å². The Labute approximate surface area is 415 Å². The molecule has 11 nitrogen and oxygen atoms in total. The number of rotatable bonds is 11. The molecular weight excluding hydrogens is 919 g/mol. The highest BCUT2D eigenvalue weighted by atomic mass is 35.5. The van der Waals surface area contributed by atoms with Gasteiger partial charge in [-0.3, -0.25) is 38.9 Å². The van der Waals surface area contributed by atoms with Crippen molar-refractivity contribution in [2.45, 2.75) is 109 Å². The molecule has 2 aliphatic carbocycles. The van der Waals surface area contributed by atoms with E-state index in [-0.39, 0.29) is 66.4 Å². The van der Waals surface area contributed by atoms with Crippen molar-refractivity contribution < 1.29 is 24.0 Å². The van der Waals surface area contributed by atoms with Gasteiger partial charge in [0.05, 0.1) is 12.1 Å². The summed E-state index contributed by atoms with van der Waals surface area (Å²) in [5.74, 6) is 0.891. The third-order valence-corrected chi connectivity index (χ3v) is 14.5. The van der Waals surface area contributed by atoms with Gasteiger partial charge < -0.3 is 15.5 Å². The first-order valence-corrected chi connectivity index (χ1v) is 24.4. The third kappa shape index (κ3) is 12.7. The first-order chi connectivity index (χ1) is 32.4. The molecule has 0 bridgehead atoms. The first-order valence-electron chi connectivity index (χ1n) is 23.6.